The van der Waals surface area contributed by atoms with Crippen LogP contribution < -0.4 is 4.72 Å². The first-order valence-corrected chi connectivity index (χ1v) is 8.67. The van der Waals surface area contributed by atoms with E-state index in [1.54, 1.807) is 0 Å². The molecule has 0 radical (unpaired) electrons. The Morgan fingerprint density at radius 2 is 2.00 bits per heavy atom. The third-order valence-electron chi connectivity index (χ3n) is 2.11. The second-order valence-electron chi connectivity index (χ2n) is 4.17. The monoisotopic (exact) mass is 310 g/mol. The number of H-pyrrole nitrogens is 1. The predicted molar refractivity (Wildman–Crippen MR) is 67.2 cm³/mol. The molecular weight excluding hydrogens is 296 g/mol. The molecule has 0 spiro atoms. The van der Waals surface area contributed by atoms with E-state index in [1.165, 1.54) is 6.92 Å². The first-order chi connectivity index (χ1) is 8.51. The summed E-state index contributed by atoms with van der Waals surface area (Å²) in [6.45, 7) is 1.41. The van der Waals surface area contributed by atoms with Crippen LogP contribution in [0.1, 0.15) is 17.4 Å². The van der Waals surface area contributed by atoms with Gasteiger partial charge in [-0.2, -0.15) is 0 Å². The number of carbonyl (C=O) groups is 1. The van der Waals surface area contributed by atoms with Crippen LogP contribution in [-0.2, 0) is 19.9 Å². The van der Waals surface area contributed by atoms with Crippen molar-refractivity contribution in [3.05, 3.63) is 18.0 Å². The number of aromatic nitrogens is 1. The molecule has 1 aromatic rings. The summed E-state index contributed by atoms with van der Waals surface area (Å²) in [5.74, 6) is -1.63. The minimum atomic E-state index is -3.95. The topological polar surface area (TPSA) is 133 Å². The molecule has 1 aromatic heterocycles. The van der Waals surface area contributed by atoms with E-state index >= 15 is 0 Å². The first kappa shape index (κ1) is 15.7. The van der Waals surface area contributed by atoms with Gasteiger partial charge in [-0.25, -0.2) is 26.4 Å². The number of hydrogen-bond donors (Lipinski definition) is 3. The molecule has 0 aromatic carbocycles. The second kappa shape index (κ2) is 5.31. The van der Waals surface area contributed by atoms with Crippen LogP contribution in [-0.4, -0.2) is 50.9 Å². The van der Waals surface area contributed by atoms with Crippen molar-refractivity contribution in [2.24, 2.45) is 0 Å². The number of sulfonamides is 1. The van der Waals surface area contributed by atoms with Crippen LogP contribution in [0.25, 0.3) is 0 Å². The molecule has 0 bridgehead atoms. The van der Waals surface area contributed by atoms with Crippen molar-refractivity contribution >= 4 is 25.8 Å². The molecule has 0 aliphatic heterocycles. The third-order valence-corrected chi connectivity index (χ3v) is 4.78. The number of carboxylic acids is 1. The van der Waals surface area contributed by atoms with Gasteiger partial charge in [-0.1, -0.05) is 0 Å². The van der Waals surface area contributed by atoms with Crippen LogP contribution in [0.5, 0.6) is 0 Å². The van der Waals surface area contributed by atoms with E-state index in [0.717, 1.165) is 18.5 Å². The highest BCUT2D eigenvalue weighted by Crippen LogP contribution is 2.11. The summed E-state index contributed by atoms with van der Waals surface area (Å²) in [5.41, 5.74) is -0.267. The average molecular weight is 310 g/mol. The third kappa shape index (κ3) is 4.65. The molecule has 1 atom stereocenters. The van der Waals surface area contributed by atoms with E-state index in [4.69, 9.17) is 5.11 Å². The minimum absolute atomic E-state index is 0.259. The lowest BCUT2D eigenvalue weighted by atomic mass is 10.4. The zero-order valence-corrected chi connectivity index (χ0v) is 11.9. The molecule has 10 heteroatoms. The van der Waals surface area contributed by atoms with Crippen LogP contribution in [0.4, 0.5) is 0 Å². The number of aromatic carboxylic acids is 1. The maximum absolute atomic E-state index is 11.8. The fourth-order valence-electron chi connectivity index (χ4n) is 1.47. The highest BCUT2D eigenvalue weighted by atomic mass is 32.2. The molecule has 0 aliphatic carbocycles. The smallest absolute Gasteiger partial charge is 0.352 e. The zero-order valence-electron chi connectivity index (χ0n) is 10.2. The van der Waals surface area contributed by atoms with E-state index in [0.29, 0.717) is 0 Å². The summed E-state index contributed by atoms with van der Waals surface area (Å²) in [6, 6.07) is 0.140. The normalized spacial score (nSPS) is 14.2. The zero-order chi connectivity index (χ0) is 14.8. The maximum atomic E-state index is 11.8. The summed E-state index contributed by atoms with van der Waals surface area (Å²) in [4.78, 5) is 12.7. The molecule has 1 rings (SSSR count). The lowest BCUT2D eigenvalue weighted by Crippen LogP contribution is -2.37. The molecule has 108 valence electrons. The van der Waals surface area contributed by atoms with Gasteiger partial charge in [-0.15, -0.1) is 0 Å². The Labute approximate surface area is 110 Å². The molecule has 8 nitrogen and oxygen atoms in total. The Morgan fingerprint density at radius 3 is 2.42 bits per heavy atom. The fraction of sp³-hybridized carbons (Fsp3) is 0.444. The Hall–Kier alpha value is -1.39. The molecule has 19 heavy (non-hydrogen) atoms. The van der Waals surface area contributed by atoms with Gasteiger partial charge in [-0.05, 0) is 13.0 Å². The van der Waals surface area contributed by atoms with Crippen molar-refractivity contribution in [3.63, 3.8) is 0 Å². The second-order valence-corrected chi connectivity index (χ2v) is 8.07. The van der Waals surface area contributed by atoms with Crippen LogP contribution in [0.2, 0.25) is 0 Å². The summed E-state index contributed by atoms with van der Waals surface area (Å²) in [6.07, 6.45) is 2.02. The van der Waals surface area contributed by atoms with Crippen LogP contribution in [0.15, 0.2) is 17.2 Å². The van der Waals surface area contributed by atoms with Gasteiger partial charge >= 0.3 is 5.97 Å². The van der Waals surface area contributed by atoms with Crippen LogP contribution in [0.3, 0.4) is 0 Å². The molecule has 1 heterocycles. The van der Waals surface area contributed by atoms with Gasteiger partial charge in [-0.3, -0.25) is 0 Å². The Balaban J connectivity index is 2.89. The van der Waals surface area contributed by atoms with Gasteiger partial charge in [0.15, 0.2) is 0 Å². The molecule has 1 unspecified atom stereocenters. The van der Waals surface area contributed by atoms with Gasteiger partial charge in [0.25, 0.3) is 0 Å². The van der Waals surface area contributed by atoms with Gasteiger partial charge in [0.1, 0.15) is 20.4 Å². The van der Waals surface area contributed by atoms with Gasteiger partial charge in [0.05, 0.1) is 5.75 Å². The van der Waals surface area contributed by atoms with E-state index in [2.05, 4.69) is 9.71 Å². The fourth-order valence-corrected chi connectivity index (χ4v) is 3.81. The Kier molecular flexibility index (Phi) is 4.38. The van der Waals surface area contributed by atoms with E-state index in [9.17, 15) is 21.6 Å². The Bertz CT molecular complexity index is 673. The maximum Gasteiger partial charge on any atom is 0.352 e. The molecule has 0 amide bonds. The van der Waals surface area contributed by atoms with Crippen molar-refractivity contribution in [3.8, 4) is 0 Å². The standard InChI is InChI=1S/C9H14N2O6S2/c1-6(5-18(2,14)15)11-19(16,17)7-3-8(9(12)13)10-4-7/h3-4,6,10-11H,5H2,1-2H3,(H,12,13). The van der Waals surface area contributed by atoms with Crippen molar-refractivity contribution in [1.29, 1.82) is 0 Å². The van der Waals surface area contributed by atoms with Gasteiger partial charge < -0.3 is 10.1 Å². The van der Waals surface area contributed by atoms with E-state index < -0.39 is 31.9 Å². The van der Waals surface area contributed by atoms with Crippen molar-refractivity contribution in [1.82, 2.24) is 9.71 Å². The van der Waals surface area contributed by atoms with Crippen molar-refractivity contribution in [2.75, 3.05) is 12.0 Å². The number of carboxylic acid groups (broad SMARTS) is 1. The highest BCUT2D eigenvalue weighted by molar-refractivity contribution is 7.91. The summed E-state index contributed by atoms with van der Waals surface area (Å²) < 4.78 is 47.9. The summed E-state index contributed by atoms with van der Waals surface area (Å²) in [5, 5.41) is 8.67. The summed E-state index contributed by atoms with van der Waals surface area (Å²) >= 11 is 0. The lowest BCUT2D eigenvalue weighted by Gasteiger charge is -2.11. The molecule has 0 fully saturated rings. The van der Waals surface area contributed by atoms with Crippen LogP contribution in [0, 0.1) is 0 Å². The highest BCUT2D eigenvalue weighted by Gasteiger charge is 2.22. The quantitative estimate of drug-likeness (QED) is 0.644. The van der Waals surface area contributed by atoms with Crippen molar-refractivity contribution in [2.45, 2.75) is 17.9 Å². The average Bonchev–Trinajstić information content (AvgIpc) is 2.61. The number of aromatic amines is 1. The predicted octanol–water partition coefficient (Wildman–Crippen LogP) is -0.576. The molecular formula is C9H14N2O6S2. The number of rotatable bonds is 6. The van der Waals surface area contributed by atoms with Gasteiger partial charge in [0.2, 0.25) is 10.0 Å². The molecule has 0 aliphatic rings. The first-order valence-electron chi connectivity index (χ1n) is 5.13. The van der Waals surface area contributed by atoms with Gasteiger partial charge in [0, 0.05) is 18.5 Å². The molecule has 3 N–H and O–H groups in total. The number of hydrogen-bond acceptors (Lipinski definition) is 5. The minimum Gasteiger partial charge on any atom is -0.477 e. The molecule has 0 saturated carbocycles. The summed E-state index contributed by atoms with van der Waals surface area (Å²) in [7, 11) is -7.27. The lowest BCUT2D eigenvalue weighted by molar-refractivity contribution is 0.0691. The SMILES string of the molecule is CC(CS(C)(=O)=O)NS(=O)(=O)c1c[nH]c(C(=O)O)c1. The molecule has 0 saturated heterocycles. The van der Waals surface area contributed by atoms with Crippen molar-refractivity contribution < 1.29 is 26.7 Å². The van der Waals surface area contributed by atoms with Crippen LogP contribution >= 0.6 is 0 Å². The largest absolute Gasteiger partial charge is 0.477 e. The number of nitrogens with one attached hydrogen (secondary N) is 2. The number of sulfone groups is 1. The van der Waals surface area contributed by atoms with E-state index in [1.807, 2.05) is 0 Å². The van der Waals surface area contributed by atoms with E-state index in [-0.39, 0.29) is 16.3 Å². The Morgan fingerprint density at radius 1 is 1.42 bits per heavy atom.